The number of nitrogens with one attached hydrogen (secondary N) is 2. The highest BCUT2D eigenvalue weighted by Gasteiger charge is 2.40. The van der Waals surface area contributed by atoms with Crippen molar-refractivity contribution < 1.29 is 19.8 Å². The van der Waals surface area contributed by atoms with E-state index in [1.165, 1.54) is 12.8 Å². The van der Waals surface area contributed by atoms with Crippen LogP contribution in [0.4, 0.5) is 4.79 Å². The van der Waals surface area contributed by atoms with Crippen LogP contribution < -0.4 is 10.6 Å². The van der Waals surface area contributed by atoms with Crippen molar-refractivity contribution in [1.82, 2.24) is 10.6 Å². The Labute approximate surface area is 99.4 Å². The number of hydrogen-bond acceptors (Lipinski definition) is 3. The molecule has 2 aliphatic carbocycles. The van der Waals surface area contributed by atoms with Crippen LogP contribution in [0, 0.1) is 11.8 Å². The van der Waals surface area contributed by atoms with Gasteiger partial charge >= 0.3 is 12.0 Å². The Balaban J connectivity index is 1.79. The zero-order valence-corrected chi connectivity index (χ0v) is 9.56. The first-order chi connectivity index (χ1) is 8.10. The van der Waals surface area contributed by atoms with E-state index in [0.717, 1.165) is 18.8 Å². The number of carbonyl (C=O) groups is 2. The fourth-order valence-electron chi connectivity index (χ4n) is 2.98. The molecule has 2 amide bonds. The number of urea groups is 1. The molecule has 0 spiro atoms. The Morgan fingerprint density at radius 1 is 1.29 bits per heavy atom. The van der Waals surface area contributed by atoms with Gasteiger partial charge in [0.15, 0.2) is 6.04 Å². The van der Waals surface area contributed by atoms with Gasteiger partial charge in [-0.05, 0) is 31.1 Å². The summed E-state index contributed by atoms with van der Waals surface area (Å²) in [4.78, 5) is 22.2. The van der Waals surface area contributed by atoms with Crippen molar-refractivity contribution in [3.63, 3.8) is 0 Å². The van der Waals surface area contributed by atoms with Gasteiger partial charge in [0.05, 0.1) is 6.61 Å². The van der Waals surface area contributed by atoms with E-state index in [1.54, 1.807) is 0 Å². The second-order valence-corrected chi connectivity index (χ2v) is 4.97. The van der Waals surface area contributed by atoms with Crippen LogP contribution >= 0.6 is 0 Å². The highest BCUT2D eigenvalue weighted by Crippen LogP contribution is 2.44. The molecule has 96 valence electrons. The first-order valence-corrected chi connectivity index (χ1v) is 6.01. The molecule has 0 radical (unpaired) electrons. The summed E-state index contributed by atoms with van der Waals surface area (Å²) in [5.41, 5.74) is 0. The van der Waals surface area contributed by atoms with E-state index in [0.29, 0.717) is 5.92 Å². The van der Waals surface area contributed by atoms with Crippen molar-refractivity contribution in [1.29, 1.82) is 0 Å². The molecule has 2 fully saturated rings. The van der Waals surface area contributed by atoms with Crippen molar-refractivity contribution in [3.8, 4) is 0 Å². The van der Waals surface area contributed by atoms with Gasteiger partial charge in [-0.1, -0.05) is 6.42 Å². The number of carboxylic acids is 1. The van der Waals surface area contributed by atoms with Gasteiger partial charge in [-0.15, -0.1) is 0 Å². The van der Waals surface area contributed by atoms with Gasteiger partial charge in [-0.3, -0.25) is 0 Å². The second kappa shape index (κ2) is 4.91. The maximum absolute atomic E-state index is 11.6. The Morgan fingerprint density at radius 3 is 2.53 bits per heavy atom. The molecule has 17 heavy (non-hydrogen) atoms. The average Bonchev–Trinajstić information content (AvgIpc) is 2.87. The summed E-state index contributed by atoms with van der Waals surface area (Å²) in [6.45, 7) is -0.598. The maximum atomic E-state index is 11.6. The monoisotopic (exact) mass is 242 g/mol. The minimum absolute atomic E-state index is 0.168. The topological polar surface area (TPSA) is 98.7 Å². The Bertz CT molecular complexity index is 321. The normalized spacial score (nSPS) is 32.2. The van der Waals surface area contributed by atoms with Crippen molar-refractivity contribution in [2.45, 2.75) is 37.8 Å². The maximum Gasteiger partial charge on any atom is 0.328 e. The summed E-state index contributed by atoms with van der Waals surface area (Å²) >= 11 is 0. The third-order valence-corrected chi connectivity index (χ3v) is 3.84. The van der Waals surface area contributed by atoms with Crippen LogP contribution in [0.15, 0.2) is 0 Å². The molecule has 0 aromatic heterocycles. The van der Waals surface area contributed by atoms with Gasteiger partial charge in [0.25, 0.3) is 0 Å². The predicted molar refractivity (Wildman–Crippen MR) is 59.4 cm³/mol. The van der Waals surface area contributed by atoms with Crippen LogP contribution in [-0.4, -0.2) is 40.9 Å². The lowest BCUT2D eigenvalue weighted by Gasteiger charge is -2.23. The summed E-state index contributed by atoms with van der Waals surface area (Å²) < 4.78 is 0. The number of hydrogen-bond donors (Lipinski definition) is 4. The molecule has 4 atom stereocenters. The molecule has 0 aromatic rings. The van der Waals surface area contributed by atoms with Crippen LogP contribution in [0.25, 0.3) is 0 Å². The van der Waals surface area contributed by atoms with E-state index >= 15 is 0 Å². The van der Waals surface area contributed by atoms with Crippen molar-refractivity contribution in [2.75, 3.05) is 6.61 Å². The number of aliphatic hydroxyl groups is 1. The van der Waals surface area contributed by atoms with Gasteiger partial charge in [0.1, 0.15) is 0 Å². The molecule has 0 aromatic carbocycles. The first-order valence-electron chi connectivity index (χ1n) is 6.01. The van der Waals surface area contributed by atoms with Gasteiger partial charge in [-0.25, -0.2) is 9.59 Å². The average molecular weight is 242 g/mol. The van der Waals surface area contributed by atoms with Gasteiger partial charge in [-0.2, -0.15) is 0 Å². The summed E-state index contributed by atoms with van der Waals surface area (Å²) in [6, 6.07) is -1.56. The number of carbonyl (C=O) groups excluding carboxylic acids is 1. The minimum atomic E-state index is -1.23. The third-order valence-electron chi connectivity index (χ3n) is 3.84. The smallest absolute Gasteiger partial charge is 0.328 e. The van der Waals surface area contributed by atoms with Gasteiger partial charge < -0.3 is 20.8 Å². The van der Waals surface area contributed by atoms with E-state index in [-0.39, 0.29) is 6.04 Å². The van der Waals surface area contributed by atoms with E-state index in [1.807, 2.05) is 0 Å². The zero-order valence-electron chi connectivity index (χ0n) is 9.56. The van der Waals surface area contributed by atoms with E-state index in [9.17, 15) is 9.59 Å². The van der Waals surface area contributed by atoms with Crippen molar-refractivity contribution in [3.05, 3.63) is 0 Å². The van der Waals surface area contributed by atoms with E-state index in [2.05, 4.69) is 10.6 Å². The fourth-order valence-corrected chi connectivity index (χ4v) is 2.98. The molecule has 6 heteroatoms. The minimum Gasteiger partial charge on any atom is -0.480 e. The quantitative estimate of drug-likeness (QED) is 0.554. The van der Waals surface area contributed by atoms with Gasteiger partial charge in [0.2, 0.25) is 0 Å². The van der Waals surface area contributed by atoms with Crippen LogP contribution in [0.2, 0.25) is 0 Å². The number of aliphatic carboxylic acids is 1. The number of fused-ring (bicyclic) bond motifs is 2. The molecule has 0 saturated heterocycles. The number of carboxylic acid groups (broad SMARTS) is 1. The molecule has 2 bridgehead atoms. The lowest BCUT2D eigenvalue weighted by atomic mass is 9.95. The molecule has 6 nitrogen and oxygen atoms in total. The lowest BCUT2D eigenvalue weighted by molar-refractivity contribution is -0.140. The summed E-state index contributed by atoms with van der Waals surface area (Å²) in [7, 11) is 0. The van der Waals surface area contributed by atoms with E-state index < -0.39 is 24.6 Å². The van der Waals surface area contributed by atoms with Crippen LogP contribution in [0.1, 0.15) is 25.7 Å². The highest BCUT2D eigenvalue weighted by molar-refractivity contribution is 5.82. The molecule has 0 aliphatic heterocycles. The van der Waals surface area contributed by atoms with Crippen molar-refractivity contribution in [2.24, 2.45) is 11.8 Å². The molecule has 0 heterocycles. The molecule has 2 rings (SSSR count). The third kappa shape index (κ3) is 2.69. The van der Waals surface area contributed by atoms with E-state index in [4.69, 9.17) is 10.2 Å². The predicted octanol–water partition coefficient (Wildman–Crippen LogP) is -0.0803. The highest BCUT2D eigenvalue weighted by atomic mass is 16.4. The molecular weight excluding hydrogens is 224 g/mol. The Morgan fingerprint density at radius 2 is 2.06 bits per heavy atom. The molecular formula is C11H18N2O4. The SMILES string of the molecule is O=C(NC1CC2CCC1C2)N[C@@H](CO)C(=O)O. The number of rotatable bonds is 4. The zero-order chi connectivity index (χ0) is 12.4. The molecule has 4 N–H and O–H groups in total. The molecule has 2 saturated carbocycles. The Kier molecular flexibility index (Phi) is 3.51. The summed E-state index contributed by atoms with van der Waals surface area (Å²) in [6.07, 6.45) is 4.57. The second-order valence-electron chi connectivity index (χ2n) is 4.97. The standard InChI is InChI=1S/C11H18N2O4/c14-5-9(10(15)16)13-11(17)12-8-4-6-1-2-7(8)3-6/h6-9,14H,1-5H2,(H,15,16)(H2,12,13,17)/t6?,7?,8?,9-/m0/s1. The molecule has 3 unspecified atom stereocenters. The first kappa shape index (κ1) is 12.2. The molecule has 2 aliphatic rings. The summed E-state index contributed by atoms with van der Waals surface area (Å²) in [5.74, 6) is 0.0390. The largest absolute Gasteiger partial charge is 0.480 e. The number of amides is 2. The van der Waals surface area contributed by atoms with Crippen molar-refractivity contribution >= 4 is 12.0 Å². The summed E-state index contributed by atoms with van der Waals surface area (Å²) in [5, 5.41) is 22.5. The Hall–Kier alpha value is -1.30. The lowest BCUT2D eigenvalue weighted by Crippen LogP contribution is -2.51. The van der Waals surface area contributed by atoms with Crippen LogP contribution in [0.5, 0.6) is 0 Å². The number of aliphatic hydroxyl groups excluding tert-OH is 1. The van der Waals surface area contributed by atoms with Gasteiger partial charge in [0, 0.05) is 6.04 Å². The van der Waals surface area contributed by atoms with Crippen LogP contribution in [-0.2, 0) is 4.79 Å². The van der Waals surface area contributed by atoms with Crippen LogP contribution in [0.3, 0.4) is 0 Å². The fraction of sp³-hybridized carbons (Fsp3) is 0.818.